The highest BCUT2D eigenvalue weighted by molar-refractivity contribution is 6.31. The van der Waals surface area contributed by atoms with E-state index in [0.29, 0.717) is 27.3 Å². The zero-order valence-corrected chi connectivity index (χ0v) is 13.4. The molecule has 0 aliphatic carbocycles. The third-order valence-electron chi connectivity index (χ3n) is 4.24. The van der Waals surface area contributed by atoms with E-state index in [0.717, 1.165) is 10.8 Å². The van der Waals surface area contributed by atoms with E-state index in [1.807, 2.05) is 28.7 Å². The first-order valence-electron chi connectivity index (χ1n) is 7.23. The average Bonchev–Trinajstić information content (AvgIpc) is 2.88. The Morgan fingerprint density at radius 3 is 2.43 bits per heavy atom. The van der Waals surface area contributed by atoms with Gasteiger partial charge >= 0.3 is 0 Å². The van der Waals surface area contributed by atoms with Crippen molar-refractivity contribution >= 4 is 44.7 Å². The molecular formula is C18H13ClN2O2. The van der Waals surface area contributed by atoms with E-state index in [1.54, 1.807) is 36.7 Å². The molecule has 4 nitrogen and oxygen atoms in total. The minimum absolute atomic E-state index is 0.0453. The fraction of sp³-hybridized carbons (Fsp3) is 0.111. The summed E-state index contributed by atoms with van der Waals surface area (Å²) < 4.78 is 3.44. The zero-order valence-electron chi connectivity index (χ0n) is 12.6. The Morgan fingerprint density at radius 2 is 1.74 bits per heavy atom. The smallest absolute Gasteiger partial charge is 0.261 e. The summed E-state index contributed by atoms with van der Waals surface area (Å²) in [5.41, 5.74) is 1.85. The third kappa shape index (κ3) is 1.79. The lowest BCUT2D eigenvalue weighted by atomic mass is 10.1. The number of Topliss-reactive ketones (excluding diaryl/α,β-unsaturated/α-hetero) is 1. The molecule has 0 bridgehead atoms. The van der Waals surface area contributed by atoms with Crippen LogP contribution in [0.2, 0.25) is 5.02 Å². The van der Waals surface area contributed by atoms with Crippen molar-refractivity contribution in [1.82, 2.24) is 8.97 Å². The van der Waals surface area contributed by atoms with Crippen LogP contribution in [0, 0.1) is 0 Å². The van der Waals surface area contributed by atoms with E-state index in [2.05, 4.69) is 0 Å². The molecule has 0 spiro atoms. The van der Waals surface area contributed by atoms with E-state index in [9.17, 15) is 9.59 Å². The van der Waals surface area contributed by atoms with Gasteiger partial charge in [0, 0.05) is 29.8 Å². The number of halogens is 1. The standard InChI is InChI=1S/C18H13ClN2O2/c1-10(22)16-12-5-3-4-6-13(12)17-20(2)18(23)14-9-11(19)7-8-15(14)21(16)17/h3-9H,1-2H3. The van der Waals surface area contributed by atoms with Gasteiger partial charge in [-0.25, -0.2) is 0 Å². The number of fused-ring (bicyclic) bond motifs is 5. The number of carbonyl (C=O) groups is 1. The van der Waals surface area contributed by atoms with Crippen LogP contribution in [0.3, 0.4) is 0 Å². The number of hydrogen-bond acceptors (Lipinski definition) is 2. The highest BCUT2D eigenvalue weighted by Gasteiger charge is 2.20. The molecular weight excluding hydrogens is 312 g/mol. The fourth-order valence-electron chi connectivity index (χ4n) is 3.30. The van der Waals surface area contributed by atoms with Gasteiger partial charge in [0.2, 0.25) is 0 Å². The lowest BCUT2D eigenvalue weighted by molar-refractivity contribution is 0.101. The summed E-state index contributed by atoms with van der Waals surface area (Å²) in [6, 6.07) is 12.8. The second-order valence-electron chi connectivity index (χ2n) is 5.64. The van der Waals surface area contributed by atoms with Gasteiger partial charge in [-0.1, -0.05) is 35.9 Å². The molecule has 0 amide bonds. The molecule has 0 N–H and O–H groups in total. The van der Waals surface area contributed by atoms with E-state index >= 15 is 0 Å². The van der Waals surface area contributed by atoms with Crippen LogP contribution >= 0.6 is 11.6 Å². The largest absolute Gasteiger partial charge is 0.296 e. The molecule has 4 aromatic rings. The molecule has 2 aromatic heterocycles. The number of rotatable bonds is 1. The predicted molar refractivity (Wildman–Crippen MR) is 92.7 cm³/mol. The highest BCUT2D eigenvalue weighted by Crippen LogP contribution is 2.30. The Bertz CT molecular complexity index is 1180. The van der Waals surface area contributed by atoms with Crippen molar-refractivity contribution in [1.29, 1.82) is 0 Å². The molecule has 4 rings (SSSR count). The van der Waals surface area contributed by atoms with E-state index in [4.69, 9.17) is 11.6 Å². The quantitative estimate of drug-likeness (QED) is 0.500. The van der Waals surface area contributed by atoms with Crippen molar-refractivity contribution in [2.45, 2.75) is 6.92 Å². The van der Waals surface area contributed by atoms with Gasteiger partial charge in [0.15, 0.2) is 5.78 Å². The van der Waals surface area contributed by atoms with Crippen LogP contribution in [0.5, 0.6) is 0 Å². The van der Waals surface area contributed by atoms with Crippen molar-refractivity contribution in [2.24, 2.45) is 7.05 Å². The van der Waals surface area contributed by atoms with Gasteiger partial charge in [0.05, 0.1) is 16.6 Å². The van der Waals surface area contributed by atoms with E-state index in [1.165, 1.54) is 0 Å². The summed E-state index contributed by atoms with van der Waals surface area (Å²) >= 11 is 6.05. The molecule has 0 saturated carbocycles. The van der Waals surface area contributed by atoms with Crippen LogP contribution in [0.15, 0.2) is 47.3 Å². The number of ketones is 1. The van der Waals surface area contributed by atoms with Crippen molar-refractivity contribution in [3.63, 3.8) is 0 Å². The molecule has 23 heavy (non-hydrogen) atoms. The predicted octanol–water partition coefficient (Wildman–Crippen LogP) is 3.80. The number of aryl methyl sites for hydroxylation is 1. The summed E-state index contributed by atoms with van der Waals surface area (Å²) in [5.74, 6) is -0.0453. The van der Waals surface area contributed by atoms with E-state index in [-0.39, 0.29) is 11.3 Å². The molecule has 0 radical (unpaired) electrons. The monoisotopic (exact) mass is 324 g/mol. The summed E-state index contributed by atoms with van der Waals surface area (Å²) in [4.78, 5) is 25.0. The minimum Gasteiger partial charge on any atom is -0.296 e. The van der Waals surface area contributed by atoms with Gasteiger partial charge in [0.25, 0.3) is 5.56 Å². The summed E-state index contributed by atoms with van der Waals surface area (Å²) in [5, 5.41) is 2.72. The zero-order chi connectivity index (χ0) is 16.3. The van der Waals surface area contributed by atoms with Crippen LogP contribution in [-0.2, 0) is 7.05 Å². The maximum Gasteiger partial charge on any atom is 0.261 e. The Kier molecular flexibility index (Phi) is 2.87. The molecule has 0 atom stereocenters. The molecule has 2 aromatic carbocycles. The number of carbonyl (C=O) groups excluding carboxylic acids is 1. The first-order chi connectivity index (χ1) is 11.0. The first-order valence-corrected chi connectivity index (χ1v) is 7.61. The van der Waals surface area contributed by atoms with Gasteiger partial charge in [-0.2, -0.15) is 0 Å². The topological polar surface area (TPSA) is 43.5 Å². The van der Waals surface area contributed by atoms with Crippen molar-refractivity contribution in [3.05, 3.63) is 63.5 Å². The molecule has 0 saturated heterocycles. The van der Waals surface area contributed by atoms with Gasteiger partial charge in [-0.3, -0.25) is 18.6 Å². The number of hydrogen-bond donors (Lipinski definition) is 0. The maximum absolute atomic E-state index is 12.7. The molecule has 0 unspecified atom stereocenters. The van der Waals surface area contributed by atoms with Crippen LogP contribution in [-0.4, -0.2) is 14.8 Å². The molecule has 0 aliphatic heterocycles. The first kappa shape index (κ1) is 14.0. The van der Waals surface area contributed by atoms with Gasteiger partial charge in [-0.05, 0) is 18.2 Å². The lowest BCUT2D eigenvalue weighted by Crippen LogP contribution is -2.20. The van der Waals surface area contributed by atoms with Crippen LogP contribution < -0.4 is 5.56 Å². The Morgan fingerprint density at radius 1 is 1.04 bits per heavy atom. The second-order valence-corrected chi connectivity index (χ2v) is 6.07. The SMILES string of the molecule is CC(=O)c1c2ccccc2c2n(C)c(=O)c3cc(Cl)ccc3n12. The molecule has 5 heteroatoms. The Hall–Kier alpha value is -2.59. The van der Waals surface area contributed by atoms with E-state index < -0.39 is 0 Å². The van der Waals surface area contributed by atoms with Crippen molar-refractivity contribution in [3.8, 4) is 0 Å². The van der Waals surface area contributed by atoms with Crippen molar-refractivity contribution in [2.75, 3.05) is 0 Å². The highest BCUT2D eigenvalue weighted by atomic mass is 35.5. The summed E-state index contributed by atoms with van der Waals surface area (Å²) in [7, 11) is 1.72. The molecule has 0 fully saturated rings. The van der Waals surface area contributed by atoms with Crippen LogP contribution in [0.4, 0.5) is 0 Å². The summed E-state index contributed by atoms with van der Waals surface area (Å²) in [6.07, 6.45) is 0. The minimum atomic E-state index is -0.131. The Labute approximate surface area is 136 Å². The number of benzene rings is 2. The second kappa shape index (κ2) is 4.70. The molecule has 0 aliphatic rings. The van der Waals surface area contributed by atoms with Gasteiger partial charge in [-0.15, -0.1) is 0 Å². The maximum atomic E-state index is 12.7. The van der Waals surface area contributed by atoms with Crippen LogP contribution in [0.1, 0.15) is 17.4 Å². The fourth-order valence-corrected chi connectivity index (χ4v) is 3.47. The van der Waals surface area contributed by atoms with Crippen molar-refractivity contribution < 1.29 is 4.79 Å². The van der Waals surface area contributed by atoms with Gasteiger partial charge < -0.3 is 0 Å². The average molecular weight is 325 g/mol. The molecule has 114 valence electrons. The molecule has 2 heterocycles. The Balaban J connectivity index is 2.47. The third-order valence-corrected chi connectivity index (χ3v) is 4.48. The van der Waals surface area contributed by atoms with Gasteiger partial charge in [0.1, 0.15) is 5.65 Å². The lowest BCUT2D eigenvalue weighted by Gasteiger charge is -2.10. The number of aromatic nitrogens is 2. The summed E-state index contributed by atoms with van der Waals surface area (Å²) in [6.45, 7) is 1.54. The normalized spacial score (nSPS) is 11.6. The van der Waals surface area contributed by atoms with Crippen LogP contribution in [0.25, 0.3) is 27.3 Å². The number of nitrogens with zero attached hydrogens (tertiary/aromatic N) is 2.